The maximum Gasteiger partial charge on any atom is 0.104 e. The second-order valence-corrected chi connectivity index (χ2v) is 4.99. The Balaban J connectivity index is 2.11. The van der Waals surface area contributed by atoms with Crippen LogP contribution < -0.4 is 11.1 Å². The molecule has 0 aliphatic rings. The molecule has 2 aromatic rings. The number of benzene rings is 1. The minimum Gasteiger partial charge on any atom is -0.389 e. The van der Waals surface area contributed by atoms with Gasteiger partial charge in [-0.15, -0.1) is 0 Å². The van der Waals surface area contributed by atoms with E-state index >= 15 is 0 Å². The molecule has 4 heteroatoms. The van der Waals surface area contributed by atoms with Gasteiger partial charge >= 0.3 is 0 Å². The molecule has 1 aromatic carbocycles. The van der Waals surface area contributed by atoms with Gasteiger partial charge in [0.2, 0.25) is 0 Å². The standard InChI is InChI=1S/C15H17N3S/c1-10-7-13(3-4-14(10)15(16)19)18-9-12-5-6-17-8-11(12)2/h3-8,18H,9H2,1-2H3,(H2,16,19). The number of nitrogens with zero attached hydrogens (tertiary/aromatic N) is 1. The molecule has 0 radical (unpaired) electrons. The summed E-state index contributed by atoms with van der Waals surface area (Å²) < 4.78 is 0. The molecule has 0 atom stereocenters. The number of thiocarbonyl (C=S) groups is 1. The van der Waals surface area contributed by atoms with Crippen molar-refractivity contribution < 1.29 is 0 Å². The van der Waals surface area contributed by atoms with E-state index in [1.807, 2.05) is 37.5 Å². The Morgan fingerprint density at radius 1 is 1.26 bits per heavy atom. The zero-order valence-electron chi connectivity index (χ0n) is 11.1. The first-order valence-electron chi connectivity index (χ1n) is 6.12. The van der Waals surface area contributed by atoms with Crippen LogP contribution in [0.15, 0.2) is 36.7 Å². The van der Waals surface area contributed by atoms with Gasteiger partial charge in [0, 0.05) is 30.2 Å². The first kappa shape index (κ1) is 13.5. The SMILES string of the molecule is Cc1cnccc1CNc1ccc(C(N)=S)c(C)c1. The molecule has 0 fully saturated rings. The molecule has 0 spiro atoms. The monoisotopic (exact) mass is 271 g/mol. The molecule has 0 aliphatic heterocycles. The average molecular weight is 271 g/mol. The lowest BCUT2D eigenvalue weighted by Gasteiger charge is -2.11. The Hall–Kier alpha value is -1.94. The van der Waals surface area contributed by atoms with Gasteiger partial charge in [-0.2, -0.15) is 0 Å². The van der Waals surface area contributed by atoms with Gasteiger partial charge in [0.15, 0.2) is 0 Å². The van der Waals surface area contributed by atoms with E-state index in [9.17, 15) is 0 Å². The van der Waals surface area contributed by atoms with Crippen molar-refractivity contribution in [3.8, 4) is 0 Å². The van der Waals surface area contributed by atoms with Crippen molar-refractivity contribution in [1.82, 2.24) is 4.98 Å². The third-order valence-corrected chi connectivity index (χ3v) is 3.33. The fourth-order valence-corrected chi connectivity index (χ4v) is 2.18. The number of nitrogens with two attached hydrogens (primary N) is 1. The molecule has 0 unspecified atom stereocenters. The number of anilines is 1. The summed E-state index contributed by atoms with van der Waals surface area (Å²) in [6.07, 6.45) is 3.68. The molecule has 3 nitrogen and oxygen atoms in total. The Morgan fingerprint density at radius 2 is 2.05 bits per heavy atom. The summed E-state index contributed by atoms with van der Waals surface area (Å²) in [5.74, 6) is 0. The summed E-state index contributed by atoms with van der Waals surface area (Å²) in [6, 6.07) is 8.04. The highest BCUT2D eigenvalue weighted by molar-refractivity contribution is 7.80. The van der Waals surface area contributed by atoms with Crippen molar-refractivity contribution in [2.24, 2.45) is 5.73 Å². The van der Waals surface area contributed by atoms with Crippen LogP contribution in [0.1, 0.15) is 22.3 Å². The smallest absolute Gasteiger partial charge is 0.104 e. The van der Waals surface area contributed by atoms with E-state index in [1.165, 1.54) is 11.1 Å². The lowest BCUT2D eigenvalue weighted by molar-refractivity contribution is 1.09. The molecule has 2 rings (SSSR count). The lowest BCUT2D eigenvalue weighted by Crippen LogP contribution is -2.11. The Bertz CT molecular complexity index is 608. The fourth-order valence-electron chi connectivity index (χ4n) is 1.95. The van der Waals surface area contributed by atoms with Crippen molar-refractivity contribution in [3.63, 3.8) is 0 Å². The summed E-state index contributed by atoms with van der Waals surface area (Å²) in [5, 5.41) is 3.40. The third kappa shape index (κ3) is 3.29. The van der Waals surface area contributed by atoms with Gasteiger partial charge in [-0.05, 0) is 54.8 Å². The van der Waals surface area contributed by atoms with Crippen LogP contribution >= 0.6 is 12.2 Å². The maximum atomic E-state index is 5.65. The van der Waals surface area contributed by atoms with E-state index in [4.69, 9.17) is 18.0 Å². The lowest BCUT2D eigenvalue weighted by atomic mass is 10.1. The topological polar surface area (TPSA) is 50.9 Å². The highest BCUT2D eigenvalue weighted by Crippen LogP contribution is 2.16. The molecular weight excluding hydrogens is 254 g/mol. The number of hydrogen-bond acceptors (Lipinski definition) is 3. The molecule has 0 aliphatic carbocycles. The molecule has 0 amide bonds. The molecule has 0 saturated heterocycles. The van der Waals surface area contributed by atoms with Crippen molar-refractivity contribution in [3.05, 3.63) is 58.9 Å². The second kappa shape index (κ2) is 5.80. The molecule has 3 N–H and O–H groups in total. The van der Waals surface area contributed by atoms with Gasteiger partial charge in [0.05, 0.1) is 0 Å². The highest BCUT2D eigenvalue weighted by Gasteiger charge is 2.03. The van der Waals surface area contributed by atoms with Crippen LogP contribution in [0.2, 0.25) is 0 Å². The quantitative estimate of drug-likeness (QED) is 0.839. The van der Waals surface area contributed by atoms with Gasteiger partial charge in [-0.3, -0.25) is 4.98 Å². The van der Waals surface area contributed by atoms with Gasteiger partial charge in [-0.1, -0.05) is 12.2 Å². The van der Waals surface area contributed by atoms with Gasteiger partial charge in [0.1, 0.15) is 4.99 Å². The van der Waals surface area contributed by atoms with Gasteiger partial charge in [0.25, 0.3) is 0 Å². The first-order chi connectivity index (χ1) is 9.08. The minimum absolute atomic E-state index is 0.439. The predicted molar refractivity (Wildman–Crippen MR) is 83.4 cm³/mol. The molecule has 0 bridgehead atoms. The number of nitrogens with one attached hydrogen (secondary N) is 1. The van der Waals surface area contributed by atoms with Crippen LogP contribution in [-0.2, 0) is 6.54 Å². The van der Waals surface area contributed by atoms with Gasteiger partial charge in [-0.25, -0.2) is 0 Å². The Kier molecular flexibility index (Phi) is 4.12. The number of aromatic nitrogens is 1. The van der Waals surface area contributed by atoms with Gasteiger partial charge < -0.3 is 11.1 Å². The first-order valence-corrected chi connectivity index (χ1v) is 6.52. The number of aryl methyl sites for hydroxylation is 2. The van der Waals surface area contributed by atoms with E-state index in [-0.39, 0.29) is 0 Å². The molecule has 1 heterocycles. The van der Waals surface area contributed by atoms with E-state index in [0.717, 1.165) is 23.4 Å². The number of hydrogen-bond donors (Lipinski definition) is 2. The van der Waals surface area contributed by atoms with Crippen LogP contribution in [0.25, 0.3) is 0 Å². The third-order valence-electron chi connectivity index (χ3n) is 3.11. The zero-order valence-corrected chi connectivity index (χ0v) is 11.9. The largest absolute Gasteiger partial charge is 0.389 e. The number of rotatable bonds is 4. The Labute approximate surface area is 118 Å². The normalized spacial score (nSPS) is 10.2. The maximum absolute atomic E-state index is 5.65. The van der Waals surface area contributed by atoms with Crippen molar-refractivity contribution in [1.29, 1.82) is 0 Å². The van der Waals surface area contributed by atoms with E-state index in [1.54, 1.807) is 0 Å². The fraction of sp³-hybridized carbons (Fsp3) is 0.200. The molecule has 98 valence electrons. The zero-order chi connectivity index (χ0) is 13.8. The molecule has 0 saturated carbocycles. The highest BCUT2D eigenvalue weighted by atomic mass is 32.1. The predicted octanol–water partition coefficient (Wildman–Crippen LogP) is 2.94. The molecule has 19 heavy (non-hydrogen) atoms. The summed E-state index contributed by atoms with van der Waals surface area (Å²) in [4.78, 5) is 4.53. The van der Waals surface area contributed by atoms with Crippen LogP contribution in [-0.4, -0.2) is 9.97 Å². The number of pyridine rings is 1. The van der Waals surface area contributed by atoms with E-state index in [2.05, 4.69) is 23.3 Å². The summed E-state index contributed by atoms with van der Waals surface area (Å²) in [7, 11) is 0. The summed E-state index contributed by atoms with van der Waals surface area (Å²) >= 11 is 5.00. The van der Waals surface area contributed by atoms with Crippen molar-refractivity contribution in [2.75, 3.05) is 5.32 Å². The van der Waals surface area contributed by atoms with Crippen LogP contribution in [0, 0.1) is 13.8 Å². The summed E-state index contributed by atoms with van der Waals surface area (Å²) in [6.45, 7) is 4.85. The van der Waals surface area contributed by atoms with Crippen molar-refractivity contribution in [2.45, 2.75) is 20.4 Å². The Morgan fingerprint density at radius 3 is 2.68 bits per heavy atom. The van der Waals surface area contributed by atoms with Crippen molar-refractivity contribution >= 4 is 22.9 Å². The van der Waals surface area contributed by atoms with Crippen LogP contribution in [0.4, 0.5) is 5.69 Å². The van der Waals surface area contributed by atoms with E-state index < -0.39 is 0 Å². The average Bonchev–Trinajstić information content (AvgIpc) is 2.37. The minimum atomic E-state index is 0.439. The van der Waals surface area contributed by atoms with Crippen LogP contribution in [0.5, 0.6) is 0 Å². The molecular formula is C15H17N3S. The van der Waals surface area contributed by atoms with Crippen LogP contribution in [0.3, 0.4) is 0 Å². The van der Waals surface area contributed by atoms with E-state index in [0.29, 0.717) is 4.99 Å². The second-order valence-electron chi connectivity index (χ2n) is 4.55. The molecule has 1 aromatic heterocycles. The summed E-state index contributed by atoms with van der Waals surface area (Å²) in [5.41, 5.74) is 11.2.